The number of nitrogens with zero attached hydrogens (tertiary/aromatic N) is 6. The summed E-state index contributed by atoms with van der Waals surface area (Å²) < 4.78 is 45.0. The summed E-state index contributed by atoms with van der Waals surface area (Å²) in [5.74, 6) is -0.316. The Morgan fingerprint density at radius 2 is 1.83 bits per heavy atom. The van der Waals surface area contributed by atoms with Crippen LogP contribution in [-0.2, 0) is 6.18 Å². The lowest BCUT2D eigenvalue weighted by Gasteiger charge is -2.35. The standard InChI is InChI=1S/C18H17F3N6O2/c1-29-13-4-2-3-12(11-13)16(28)26-9-7-25(8-10-26)15-6-5-14-22-23-17(18(19,20)21)27(14)24-15/h2-6,11H,7-10H2,1H3. The molecule has 3 aromatic rings. The molecule has 11 heteroatoms. The molecule has 1 saturated heterocycles. The number of halogens is 3. The number of methoxy groups -OCH3 is 1. The van der Waals surface area contributed by atoms with E-state index in [1.165, 1.54) is 13.2 Å². The number of rotatable bonds is 3. The second-order valence-electron chi connectivity index (χ2n) is 6.49. The van der Waals surface area contributed by atoms with E-state index in [1.807, 2.05) is 4.90 Å². The van der Waals surface area contributed by atoms with Crippen LogP contribution in [0.3, 0.4) is 0 Å². The van der Waals surface area contributed by atoms with Gasteiger partial charge in [-0.1, -0.05) is 6.07 Å². The van der Waals surface area contributed by atoms with Gasteiger partial charge in [0.2, 0.25) is 0 Å². The number of aromatic nitrogens is 4. The molecule has 0 N–H and O–H groups in total. The van der Waals surface area contributed by atoms with Crippen molar-refractivity contribution in [2.45, 2.75) is 6.18 Å². The van der Waals surface area contributed by atoms with Crippen LogP contribution >= 0.6 is 0 Å². The summed E-state index contributed by atoms with van der Waals surface area (Å²) in [7, 11) is 1.53. The molecule has 1 aliphatic heterocycles. The number of carbonyl (C=O) groups is 1. The average Bonchev–Trinajstić information content (AvgIpc) is 3.17. The highest BCUT2D eigenvalue weighted by Gasteiger charge is 2.38. The molecule has 3 heterocycles. The van der Waals surface area contributed by atoms with Crippen LogP contribution in [0.5, 0.6) is 5.75 Å². The molecule has 0 spiro atoms. The van der Waals surface area contributed by atoms with E-state index in [0.717, 1.165) is 0 Å². The van der Waals surface area contributed by atoms with Crippen molar-refractivity contribution in [3.05, 3.63) is 47.8 Å². The van der Waals surface area contributed by atoms with Crippen LogP contribution in [0.2, 0.25) is 0 Å². The van der Waals surface area contributed by atoms with Gasteiger partial charge in [-0.3, -0.25) is 4.79 Å². The smallest absolute Gasteiger partial charge is 0.453 e. The third-order valence-electron chi connectivity index (χ3n) is 4.71. The third-order valence-corrected chi connectivity index (χ3v) is 4.71. The highest BCUT2D eigenvalue weighted by atomic mass is 19.4. The van der Waals surface area contributed by atoms with E-state index < -0.39 is 12.0 Å². The summed E-state index contributed by atoms with van der Waals surface area (Å²) in [4.78, 5) is 16.2. The van der Waals surface area contributed by atoms with Gasteiger partial charge >= 0.3 is 6.18 Å². The van der Waals surface area contributed by atoms with Gasteiger partial charge in [0, 0.05) is 31.7 Å². The van der Waals surface area contributed by atoms with E-state index in [-0.39, 0.29) is 11.6 Å². The van der Waals surface area contributed by atoms with Crippen LogP contribution in [-0.4, -0.2) is 63.9 Å². The Hall–Kier alpha value is -3.37. The van der Waals surface area contributed by atoms with E-state index in [0.29, 0.717) is 47.8 Å². The summed E-state index contributed by atoms with van der Waals surface area (Å²) in [5.41, 5.74) is 0.546. The second kappa shape index (κ2) is 7.22. The van der Waals surface area contributed by atoms with Crippen LogP contribution in [0.15, 0.2) is 36.4 Å². The largest absolute Gasteiger partial charge is 0.497 e. The highest BCUT2D eigenvalue weighted by Crippen LogP contribution is 2.28. The van der Waals surface area contributed by atoms with Crippen molar-refractivity contribution in [1.82, 2.24) is 24.7 Å². The van der Waals surface area contributed by atoms with Gasteiger partial charge in [-0.05, 0) is 30.3 Å². The van der Waals surface area contributed by atoms with Gasteiger partial charge < -0.3 is 14.5 Å². The monoisotopic (exact) mass is 406 g/mol. The van der Waals surface area contributed by atoms with Gasteiger partial charge in [-0.25, -0.2) is 0 Å². The fraction of sp³-hybridized carbons (Fsp3) is 0.333. The molecular formula is C18H17F3N6O2. The van der Waals surface area contributed by atoms with Gasteiger partial charge in [0.25, 0.3) is 11.7 Å². The summed E-state index contributed by atoms with van der Waals surface area (Å²) in [6.45, 7) is 1.73. The van der Waals surface area contributed by atoms with Gasteiger partial charge in [0.1, 0.15) is 11.6 Å². The Balaban J connectivity index is 1.49. The first-order valence-corrected chi connectivity index (χ1v) is 8.85. The van der Waals surface area contributed by atoms with Crippen LogP contribution in [0.25, 0.3) is 5.65 Å². The molecule has 0 unspecified atom stereocenters. The molecule has 8 nitrogen and oxygen atoms in total. The Morgan fingerprint density at radius 1 is 1.07 bits per heavy atom. The van der Waals surface area contributed by atoms with Gasteiger partial charge in [0.05, 0.1) is 7.11 Å². The molecule has 152 valence electrons. The molecule has 2 aromatic heterocycles. The van der Waals surface area contributed by atoms with Crippen molar-refractivity contribution in [3.8, 4) is 5.75 Å². The first-order valence-electron chi connectivity index (χ1n) is 8.85. The molecule has 0 atom stereocenters. The topological polar surface area (TPSA) is 75.9 Å². The normalized spacial score (nSPS) is 15.0. The number of anilines is 1. The number of fused-ring (bicyclic) bond motifs is 1. The molecule has 0 bridgehead atoms. The Morgan fingerprint density at radius 3 is 2.52 bits per heavy atom. The lowest BCUT2D eigenvalue weighted by atomic mass is 10.1. The minimum absolute atomic E-state index is 0.0212. The predicted molar refractivity (Wildman–Crippen MR) is 96.9 cm³/mol. The fourth-order valence-corrected chi connectivity index (χ4v) is 3.20. The number of piperazine rings is 1. The molecule has 29 heavy (non-hydrogen) atoms. The number of hydrogen-bond donors (Lipinski definition) is 0. The Bertz CT molecular complexity index is 1040. The average molecular weight is 406 g/mol. The molecule has 1 aliphatic rings. The Kier molecular flexibility index (Phi) is 4.73. The van der Waals surface area contributed by atoms with Crippen LogP contribution in [0.1, 0.15) is 16.2 Å². The molecule has 1 amide bonds. The van der Waals surface area contributed by atoms with Crippen molar-refractivity contribution < 1.29 is 22.7 Å². The second-order valence-corrected chi connectivity index (χ2v) is 6.49. The number of ether oxygens (including phenoxy) is 1. The maximum Gasteiger partial charge on any atom is 0.453 e. The van der Waals surface area contributed by atoms with Crippen molar-refractivity contribution in [1.29, 1.82) is 0 Å². The van der Waals surface area contributed by atoms with Crippen molar-refractivity contribution in [3.63, 3.8) is 0 Å². The SMILES string of the molecule is COc1cccc(C(=O)N2CCN(c3ccc4nnc(C(F)(F)F)n4n3)CC2)c1. The van der Waals surface area contributed by atoms with Crippen molar-refractivity contribution >= 4 is 17.4 Å². The number of amides is 1. The molecular weight excluding hydrogens is 389 g/mol. The summed E-state index contributed by atoms with van der Waals surface area (Å²) >= 11 is 0. The summed E-state index contributed by atoms with van der Waals surface area (Å²) in [5, 5.41) is 10.7. The molecule has 4 rings (SSSR count). The van der Waals surface area contributed by atoms with Crippen LogP contribution in [0.4, 0.5) is 19.0 Å². The van der Waals surface area contributed by atoms with Crippen LogP contribution in [0, 0.1) is 0 Å². The molecule has 0 radical (unpaired) electrons. The highest BCUT2D eigenvalue weighted by molar-refractivity contribution is 5.94. The maximum atomic E-state index is 13.1. The van der Waals surface area contributed by atoms with Crippen molar-refractivity contribution in [2.75, 3.05) is 38.2 Å². The molecule has 0 saturated carbocycles. The first-order chi connectivity index (χ1) is 13.9. The quantitative estimate of drug-likeness (QED) is 0.663. The van der Waals surface area contributed by atoms with E-state index in [4.69, 9.17) is 4.74 Å². The first kappa shape index (κ1) is 19.0. The zero-order valence-electron chi connectivity index (χ0n) is 15.4. The zero-order chi connectivity index (χ0) is 20.6. The Labute approximate surface area is 163 Å². The molecule has 1 aromatic carbocycles. The third kappa shape index (κ3) is 3.67. The lowest BCUT2D eigenvalue weighted by Crippen LogP contribution is -2.49. The number of hydrogen-bond acceptors (Lipinski definition) is 6. The minimum Gasteiger partial charge on any atom is -0.497 e. The fourth-order valence-electron chi connectivity index (χ4n) is 3.20. The predicted octanol–water partition coefficient (Wildman–Crippen LogP) is 2.11. The number of alkyl halides is 3. The van der Waals surface area contributed by atoms with Gasteiger partial charge in [-0.15, -0.1) is 15.3 Å². The number of benzene rings is 1. The van der Waals surface area contributed by atoms with Gasteiger partial charge in [0.15, 0.2) is 5.65 Å². The van der Waals surface area contributed by atoms with Gasteiger partial charge in [-0.2, -0.15) is 17.7 Å². The summed E-state index contributed by atoms with van der Waals surface area (Å²) in [6.07, 6.45) is -4.65. The minimum atomic E-state index is -4.65. The molecule has 0 aliphatic carbocycles. The number of carbonyl (C=O) groups excluding carboxylic acids is 1. The maximum absolute atomic E-state index is 13.1. The molecule has 1 fully saturated rings. The zero-order valence-corrected chi connectivity index (χ0v) is 15.4. The lowest BCUT2D eigenvalue weighted by molar-refractivity contribution is -0.146. The van der Waals surface area contributed by atoms with E-state index in [1.54, 1.807) is 35.2 Å². The van der Waals surface area contributed by atoms with E-state index in [9.17, 15) is 18.0 Å². The van der Waals surface area contributed by atoms with Crippen LogP contribution < -0.4 is 9.64 Å². The van der Waals surface area contributed by atoms with Crippen molar-refractivity contribution in [2.24, 2.45) is 0 Å². The van der Waals surface area contributed by atoms with E-state index >= 15 is 0 Å². The van der Waals surface area contributed by atoms with E-state index in [2.05, 4.69) is 15.3 Å². The summed E-state index contributed by atoms with van der Waals surface area (Å²) in [6, 6.07) is 9.95.